The fourth-order valence-electron chi connectivity index (χ4n) is 1.69. The van der Waals surface area contributed by atoms with Crippen molar-refractivity contribution in [1.29, 1.82) is 0 Å². The van der Waals surface area contributed by atoms with Gasteiger partial charge in [-0.2, -0.15) is 0 Å². The molecule has 0 radical (unpaired) electrons. The first-order valence-corrected chi connectivity index (χ1v) is 7.60. The first-order valence-electron chi connectivity index (χ1n) is 5.71. The number of hydrogen-bond donors (Lipinski definition) is 1. The Labute approximate surface area is 112 Å². The van der Waals surface area contributed by atoms with E-state index in [9.17, 15) is 8.42 Å². The van der Waals surface area contributed by atoms with Gasteiger partial charge in [-0.15, -0.1) is 0 Å². The highest BCUT2D eigenvalue weighted by atomic mass is 32.2. The fraction of sp³-hybridized carbons (Fsp3) is 0.143. The van der Waals surface area contributed by atoms with Crippen LogP contribution in [0.5, 0.6) is 11.5 Å². The molecule has 19 heavy (non-hydrogen) atoms. The van der Waals surface area contributed by atoms with E-state index >= 15 is 0 Å². The number of aryl methyl sites for hydroxylation is 1. The van der Waals surface area contributed by atoms with Crippen molar-refractivity contribution in [3.63, 3.8) is 0 Å². The van der Waals surface area contributed by atoms with Gasteiger partial charge in [0.05, 0.1) is 10.6 Å². The van der Waals surface area contributed by atoms with Crippen LogP contribution in [0.1, 0.15) is 5.56 Å². The molecule has 2 rings (SSSR count). The van der Waals surface area contributed by atoms with E-state index in [0.717, 1.165) is 5.56 Å². The highest BCUT2D eigenvalue weighted by Gasteiger charge is 2.08. The van der Waals surface area contributed by atoms with Crippen molar-refractivity contribution in [2.24, 2.45) is 0 Å². The zero-order valence-electron chi connectivity index (χ0n) is 10.8. The van der Waals surface area contributed by atoms with Crippen molar-refractivity contribution in [1.82, 2.24) is 0 Å². The van der Waals surface area contributed by atoms with Gasteiger partial charge in [0.25, 0.3) is 0 Å². The van der Waals surface area contributed by atoms with Gasteiger partial charge in [0.1, 0.15) is 5.75 Å². The standard InChI is InChI=1S/C14H15NO3S/c1-10-4-3-5-13(15)14(10)18-11-6-8-12(9-7-11)19(2,16)17/h3-9H,15H2,1-2H3. The fourth-order valence-corrected chi connectivity index (χ4v) is 2.32. The highest BCUT2D eigenvalue weighted by molar-refractivity contribution is 7.90. The molecule has 0 saturated carbocycles. The molecule has 0 aliphatic carbocycles. The van der Waals surface area contributed by atoms with E-state index in [0.29, 0.717) is 17.2 Å². The van der Waals surface area contributed by atoms with E-state index in [2.05, 4.69) is 0 Å². The van der Waals surface area contributed by atoms with Gasteiger partial charge >= 0.3 is 0 Å². The van der Waals surface area contributed by atoms with Crippen LogP contribution < -0.4 is 10.5 Å². The van der Waals surface area contributed by atoms with Crippen LogP contribution in [0.4, 0.5) is 5.69 Å². The van der Waals surface area contributed by atoms with E-state index < -0.39 is 9.84 Å². The molecule has 0 aliphatic rings. The maximum atomic E-state index is 11.3. The molecule has 100 valence electrons. The monoisotopic (exact) mass is 277 g/mol. The van der Waals surface area contributed by atoms with Crippen LogP contribution in [0.15, 0.2) is 47.4 Å². The zero-order valence-corrected chi connectivity index (χ0v) is 11.6. The molecule has 0 fully saturated rings. The molecule has 0 aromatic heterocycles. The van der Waals surface area contributed by atoms with Gasteiger partial charge in [0.15, 0.2) is 15.6 Å². The molecule has 0 heterocycles. The molecule has 0 aliphatic heterocycles. The molecule has 2 aromatic carbocycles. The number of ether oxygens (including phenoxy) is 1. The summed E-state index contributed by atoms with van der Waals surface area (Å²) in [6.07, 6.45) is 1.17. The van der Waals surface area contributed by atoms with Crippen LogP contribution in [-0.2, 0) is 9.84 Å². The summed E-state index contributed by atoms with van der Waals surface area (Å²) >= 11 is 0. The molecule has 0 bridgehead atoms. The number of benzene rings is 2. The Morgan fingerprint density at radius 3 is 2.21 bits per heavy atom. The Morgan fingerprint density at radius 2 is 1.68 bits per heavy atom. The lowest BCUT2D eigenvalue weighted by atomic mass is 10.2. The second-order valence-corrected chi connectivity index (χ2v) is 6.35. The van der Waals surface area contributed by atoms with Crippen molar-refractivity contribution in [3.8, 4) is 11.5 Å². The number of rotatable bonds is 3. The normalized spacial score (nSPS) is 11.3. The summed E-state index contributed by atoms with van der Waals surface area (Å²) in [5.74, 6) is 1.14. The third-order valence-electron chi connectivity index (χ3n) is 2.71. The van der Waals surface area contributed by atoms with Crippen molar-refractivity contribution in [3.05, 3.63) is 48.0 Å². The minimum Gasteiger partial charge on any atom is -0.455 e. The number of anilines is 1. The molecule has 0 atom stereocenters. The lowest BCUT2D eigenvalue weighted by Crippen LogP contribution is -1.97. The summed E-state index contributed by atoms with van der Waals surface area (Å²) < 4.78 is 28.4. The second kappa shape index (κ2) is 4.93. The molecule has 0 unspecified atom stereocenters. The number of nitrogen functional groups attached to an aromatic ring is 1. The predicted molar refractivity (Wildman–Crippen MR) is 75.2 cm³/mol. The van der Waals surface area contributed by atoms with Crippen LogP contribution in [-0.4, -0.2) is 14.7 Å². The largest absolute Gasteiger partial charge is 0.455 e. The minimum absolute atomic E-state index is 0.262. The Kier molecular flexibility index (Phi) is 3.48. The van der Waals surface area contributed by atoms with Gasteiger partial charge < -0.3 is 10.5 Å². The molecule has 5 heteroatoms. The van der Waals surface area contributed by atoms with Crippen molar-refractivity contribution in [2.45, 2.75) is 11.8 Å². The van der Waals surface area contributed by atoms with Crippen LogP contribution >= 0.6 is 0 Å². The Balaban J connectivity index is 2.30. The maximum Gasteiger partial charge on any atom is 0.175 e. The van der Waals surface area contributed by atoms with E-state index in [1.54, 1.807) is 18.2 Å². The maximum absolute atomic E-state index is 11.3. The lowest BCUT2D eigenvalue weighted by Gasteiger charge is -2.11. The molecule has 0 amide bonds. The van der Waals surface area contributed by atoms with Gasteiger partial charge in [-0.1, -0.05) is 12.1 Å². The van der Waals surface area contributed by atoms with Crippen LogP contribution in [0.2, 0.25) is 0 Å². The number of sulfone groups is 1. The van der Waals surface area contributed by atoms with Gasteiger partial charge in [-0.05, 0) is 42.8 Å². The highest BCUT2D eigenvalue weighted by Crippen LogP contribution is 2.31. The Bertz CT molecular complexity index is 671. The second-order valence-electron chi connectivity index (χ2n) is 4.34. The predicted octanol–water partition coefficient (Wildman–Crippen LogP) is 2.77. The van der Waals surface area contributed by atoms with Crippen LogP contribution in [0.3, 0.4) is 0 Å². The molecule has 0 spiro atoms. The molecular formula is C14H15NO3S. The van der Waals surface area contributed by atoms with E-state index in [-0.39, 0.29) is 4.90 Å². The smallest absolute Gasteiger partial charge is 0.175 e. The van der Waals surface area contributed by atoms with Gasteiger partial charge in [0.2, 0.25) is 0 Å². The molecule has 4 nitrogen and oxygen atoms in total. The third-order valence-corrected chi connectivity index (χ3v) is 3.84. The average molecular weight is 277 g/mol. The van der Waals surface area contributed by atoms with E-state index in [4.69, 9.17) is 10.5 Å². The average Bonchev–Trinajstić information content (AvgIpc) is 2.33. The van der Waals surface area contributed by atoms with E-state index in [1.807, 2.05) is 19.1 Å². The molecule has 2 N–H and O–H groups in total. The SMILES string of the molecule is Cc1cccc(N)c1Oc1ccc(S(C)(=O)=O)cc1. The summed E-state index contributed by atoms with van der Waals surface area (Å²) in [5, 5.41) is 0. The Morgan fingerprint density at radius 1 is 1.05 bits per heavy atom. The number of hydrogen-bond acceptors (Lipinski definition) is 4. The number of para-hydroxylation sites is 1. The van der Waals surface area contributed by atoms with Crippen molar-refractivity contribution < 1.29 is 13.2 Å². The van der Waals surface area contributed by atoms with Gasteiger partial charge in [-0.25, -0.2) is 8.42 Å². The summed E-state index contributed by atoms with van der Waals surface area (Å²) in [5.41, 5.74) is 7.32. The molecule has 0 saturated heterocycles. The van der Waals surface area contributed by atoms with Crippen LogP contribution in [0, 0.1) is 6.92 Å². The Hall–Kier alpha value is -2.01. The van der Waals surface area contributed by atoms with Crippen LogP contribution in [0.25, 0.3) is 0 Å². The lowest BCUT2D eigenvalue weighted by molar-refractivity contribution is 0.481. The summed E-state index contributed by atoms with van der Waals surface area (Å²) in [6.45, 7) is 1.90. The van der Waals surface area contributed by atoms with Crippen molar-refractivity contribution in [2.75, 3.05) is 12.0 Å². The summed E-state index contributed by atoms with van der Waals surface area (Å²) in [6, 6.07) is 11.8. The summed E-state index contributed by atoms with van der Waals surface area (Å²) in [7, 11) is -3.19. The first-order chi connectivity index (χ1) is 8.88. The van der Waals surface area contributed by atoms with E-state index in [1.165, 1.54) is 18.4 Å². The van der Waals surface area contributed by atoms with Gasteiger partial charge in [0, 0.05) is 6.26 Å². The summed E-state index contributed by atoms with van der Waals surface area (Å²) in [4.78, 5) is 0.262. The number of nitrogens with two attached hydrogens (primary N) is 1. The topological polar surface area (TPSA) is 69.4 Å². The van der Waals surface area contributed by atoms with Crippen molar-refractivity contribution >= 4 is 15.5 Å². The third kappa shape index (κ3) is 3.06. The molecule has 2 aromatic rings. The minimum atomic E-state index is -3.19. The van der Waals surface area contributed by atoms with Gasteiger partial charge in [-0.3, -0.25) is 0 Å². The molecular weight excluding hydrogens is 262 g/mol. The quantitative estimate of drug-likeness (QED) is 0.876. The first kappa shape index (κ1) is 13.4. The zero-order chi connectivity index (χ0) is 14.0.